The molecule has 1 unspecified atom stereocenters. The third-order valence-corrected chi connectivity index (χ3v) is 4.95. The molecule has 25 heavy (non-hydrogen) atoms. The van der Waals surface area contributed by atoms with Gasteiger partial charge in [-0.3, -0.25) is 10.1 Å². The van der Waals surface area contributed by atoms with Gasteiger partial charge in [0.25, 0.3) is 5.69 Å². The smallest absolute Gasteiger partial charge is 0.269 e. The minimum Gasteiger partial charge on any atom is -0.497 e. The SMILES string of the molecule is COc1ccc(C2Nn3c(nnc3-c3ccc([N+](=O)[O-])cc3)S2)cc1. The number of aromatic nitrogens is 3. The summed E-state index contributed by atoms with van der Waals surface area (Å²) in [6.45, 7) is 0. The van der Waals surface area contributed by atoms with E-state index in [0.717, 1.165) is 22.0 Å². The average molecular weight is 355 g/mol. The van der Waals surface area contributed by atoms with Crippen molar-refractivity contribution in [2.75, 3.05) is 12.5 Å². The van der Waals surface area contributed by atoms with Gasteiger partial charge in [0.2, 0.25) is 5.16 Å². The maximum atomic E-state index is 10.8. The Bertz CT molecular complexity index is 924. The molecule has 9 heteroatoms. The first kappa shape index (κ1) is 15.5. The molecule has 4 rings (SSSR count). The number of methoxy groups -OCH3 is 1. The number of benzene rings is 2. The molecule has 2 heterocycles. The summed E-state index contributed by atoms with van der Waals surface area (Å²) in [4.78, 5) is 10.4. The van der Waals surface area contributed by atoms with Crippen LogP contribution in [0.2, 0.25) is 0 Å². The number of nitrogens with one attached hydrogen (secondary N) is 1. The summed E-state index contributed by atoms with van der Waals surface area (Å²) in [5.41, 5.74) is 5.24. The van der Waals surface area contributed by atoms with Crippen molar-refractivity contribution in [1.29, 1.82) is 0 Å². The van der Waals surface area contributed by atoms with E-state index >= 15 is 0 Å². The Kier molecular flexibility index (Phi) is 3.77. The molecule has 0 spiro atoms. The topological polar surface area (TPSA) is 95.1 Å². The Morgan fingerprint density at radius 3 is 2.52 bits per heavy atom. The van der Waals surface area contributed by atoms with Gasteiger partial charge in [0.05, 0.1) is 12.0 Å². The lowest BCUT2D eigenvalue weighted by molar-refractivity contribution is -0.384. The number of ether oxygens (including phenoxy) is 1. The predicted octanol–water partition coefficient (Wildman–Crippen LogP) is 3.21. The Labute approximate surface area is 147 Å². The molecule has 3 aromatic rings. The van der Waals surface area contributed by atoms with Crippen LogP contribution >= 0.6 is 11.8 Å². The van der Waals surface area contributed by atoms with Crippen LogP contribution < -0.4 is 10.2 Å². The zero-order valence-electron chi connectivity index (χ0n) is 13.1. The fourth-order valence-corrected chi connectivity index (χ4v) is 3.55. The molecule has 1 aliphatic heterocycles. The normalized spacial score (nSPS) is 15.5. The molecule has 0 fully saturated rings. The number of nitro benzene ring substituents is 1. The second-order valence-electron chi connectivity index (χ2n) is 5.35. The number of rotatable bonds is 4. The molecule has 0 saturated heterocycles. The van der Waals surface area contributed by atoms with Crippen molar-refractivity contribution >= 4 is 17.4 Å². The van der Waals surface area contributed by atoms with E-state index < -0.39 is 4.92 Å². The summed E-state index contributed by atoms with van der Waals surface area (Å²) in [6, 6.07) is 14.1. The van der Waals surface area contributed by atoms with Gasteiger partial charge in [-0.15, -0.1) is 10.2 Å². The summed E-state index contributed by atoms with van der Waals surface area (Å²) in [7, 11) is 1.63. The van der Waals surface area contributed by atoms with E-state index in [9.17, 15) is 10.1 Å². The van der Waals surface area contributed by atoms with Gasteiger partial charge in [0, 0.05) is 17.7 Å². The van der Waals surface area contributed by atoms with Gasteiger partial charge in [-0.25, -0.2) is 4.68 Å². The fraction of sp³-hybridized carbons (Fsp3) is 0.125. The van der Waals surface area contributed by atoms with Crippen molar-refractivity contribution < 1.29 is 9.66 Å². The van der Waals surface area contributed by atoms with Crippen LogP contribution in [0.4, 0.5) is 5.69 Å². The first-order chi connectivity index (χ1) is 12.2. The molecule has 0 radical (unpaired) electrons. The lowest BCUT2D eigenvalue weighted by Gasteiger charge is -2.12. The largest absolute Gasteiger partial charge is 0.497 e. The van der Waals surface area contributed by atoms with Crippen molar-refractivity contribution in [3.05, 3.63) is 64.2 Å². The van der Waals surface area contributed by atoms with E-state index in [1.165, 1.54) is 12.1 Å². The molecule has 1 aromatic heterocycles. The van der Waals surface area contributed by atoms with E-state index in [1.807, 2.05) is 24.3 Å². The van der Waals surface area contributed by atoms with Crippen LogP contribution in [0.25, 0.3) is 11.4 Å². The Morgan fingerprint density at radius 1 is 1.16 bits per heavy atom. The third-order valence-electron chi connectivity index (χ3n) is 3.86. The molecule has 2 aromatic carbocycles. The molecule has 0 aliphatic carbocycles. The van der Waals surface area contributed by atoms with Crippen molar-refractivity contribution in [2.45, 2.75) is 10.5 Å². The maximum absolute atomic E-state index is 10.8. The van der Waals surface area contributed by atoms with Crippen LogP contribution in [-0.4, -0.2) is 26.9 Å². The Hall–Kier alpha value is -3.07. The molecule has 0 bridgehead atoms. The second kappa shape index (κ2) is 6.10. The van der Waals surface area contributed by atoms with Gasteiger partial charge in [-0.05, 0) is 29.8 Å². The number of nitro groups is 1. The monoisotopic (exact) mass is 355 g/mol. The van der Waals surface area contributed by atoms with Crippen molar-refractivity contribution in [3.63, 3.8) is 0 Å². The van der Waals surface area contributed by atoms with Crippen LogP contribution in [-0.2, 0) is 0 Å². The van der Waals surface area contributed by atoms with Crippen LogP contribution in [0.15, 0.2) is 53.7 Å². The lowest BCUT2D eigenvalue weighted by Crippen LogP contribution is -2.13. The van der Waals surface area contributed by atoms with Gasteiger partial charge in [0.15, 0.2) is 5.82 Å². The van der Waals surface area contributed by atoms with Crippen molar-refractivity contribution in [3.8, 4) is 17.1 Å². The molecular formula is C16H13N5O3S. The van der Waals surface area contributed by atoms with E-state index in [2.05, 4.69) is 15.6 Å². The third kappa shape index (κ3) is 2.78. The number of hydrogen-bond acceptors (Lipinski definition) is 7. The predicted molar refractivity (Wildman–Crippen MR) is 93.1 cm³/mol. The maximum Gasteiger partial charge on any atom is 0.269 e. The molecule has 8 nitrogen and oxygen atoms in total. The molecule has 126 valence electrons. The summed E-state index contributed by atoms with van der Waals surface area (Å²) in [5.74, 6) is 1.42. The lowest BCUT2D eigenvalue weighted by atomic mass is 10.2. The summed E-state index contributed by atoms with van der Waals surface area (Å²) < 4.78 is 6.99. The number of thioether (sulfide) groups is 1. The van der Waals surface area contributed by atoms with Crippen molar-refractivity contribution in [1.82, 2.24) is 14.9 Å². The van der Waals surface area contributed by atoms with Crippen LogP contribution in [0.3, 0.4) is 0 Å². The highest BCUT2D eigenvalue weighted by atomic mass is 32.2. The number of nitrogens with zero attached hydrogens (tertiary/aromatic N) is 4. The van der Waals surface area contributed by atoms with E-state index in [0.29, 0.717) is 5.82 Å². The van der Waals surface area contributed by atoms with Gasteiger partial charge < -0.3 is 10.2 Å². The zero-order valence-corrected chi connectivity index (χ0v) is 13.9. The Morgan fingerprint density at radius 2 is 1.88 bits per heavy atom. The van der Waals surface area contributed by atoms with Crippen LogP contribution in [0, 0.1) is 10.1 Å². The molecular weight excluding hydrogens is 342 g/mol. The molecule has 0 saturated carbocycles. The first-order valence-corrected chi connectivity index (χ1v) is 8.31. The summed E-state index contributed by atoms with van der Waals surface area (Å²) in [5, 5.41) is 19.9. The quantitative estimate of drug-likeness (QED) is 0.567. The minimum atomic E-state index is -0.425. The molecule has 0 amide bonds. The molecule has 1 N–H and O–H groups in total. The van der Waals surface area contributed by atoms with Crippen molar-refractivity contribution in [2.24, 2.45) is 0 Å². The average Bonchev–Trinajstić information content (AvgIpc) is 3.22. The first-order valence-electron chi connectivity index (χ1n) is 7.43. The van der Waals surface area contributed by atoms with E-state index in [1.54, 1.807) is 35.7 Å². The number of non-ortho nitro benzene ring substituents is 1. The van der Waals surface area contributed by atoms with Gasteiger partial charge in [-0.2, -0.15) is 0 Å². The highest BCUT2D eigenvalue weighted by Gasteiger charge is 2.28. The van der Waals surface area contributed by atoms with Gasteiger partial charge in [0.1, 0.15) is 11.1 Å². The van der Waals surface area contributed by atoms with Gasteiger partial charge in [-0.1, -0.05) is 23.9 Å². The highest BCUT2D eigenvalue weighted by Crippen LogP contribution is 2.40. The summed E-state index contributed by atoms with van der Waals surface area (Å²) >= 11 is 1.56. The minimum absolute atomic E-state index is 0.00760. The standard InChI is InChI=1S/C16H13N5O3S/c1-24-13-8-4-11(5-9-13)15-19-20-14(17-18-16(20)25-15)10-2-6-12(7-3-10)21(22)23/h2-9,15,19H,1H3. The van der Waals surface area contributed by atoms with Crippen LogP contribution in [0.5, 0.6) is 5.75 Å². The van der Waals surface area contributed by atoms with E-state index in [-0.39, 0.29) is 11.1 Å². The molecule has 1 aliphatic rings. The fourth-order valence-electron chi connectivity index (χ4n) is 2.55. The molecule has 1 atom stereocenters. The number of fused-ring (bicyclic) bond motifs is 1. The zero-order chi connectivity index (χ0) is 17.4. The highest BCUT2D eigenvalue weighted by molar-refractivity contribution is 7.99. The number of hydrogen-bond donors (Lipinski definition) is 1. The van der Waals surface area contributed by atoms with Crippen LogP contribution in [0.1, 0.15) is 10.9 Å². The summed E-state index contributed by atoms with van der Waals surface area (Å²) in [6.07, 6.45) is 0. The van der Waals surface area contributed by atoms with Gasteiger partial charge >= 0.3 is 0 Å². The van der Waals surface area contributed by atoms with E-state index in [4.69, 9.17) is 4.74 Å². The second-order valence-corrected chi connectivity index (χ2v) is 6.42. The Balaban J connectivity index is 1.59.